The van der Waals surface area contributed by atoms with Crippen molar-refractivity contribution in [1.82, 2.24) is 15.1 Å². The fourth-order valence-corrected chi connectivity index (χ4v) is 4.97. The zero-order chi connectivity index (χ0) is 20.5. The van der Waals surface area contributed by atoms with E-state index in [1.807, 2.05) is 7.05 Å². The Balaban J connectivity index is 0.00000320. The molecule has 1 N–H and O–H groups in total. The Labute approximate surface area is 201 Å². The van der Waals surface area contributed by atoms with Crippen LogP contribution in [0.15, 0.2) is 4.99 Å². The van der Waals surface area contributed by atoms with E-state index in [2.05, 4.69) is 34.0 Å². The molecule has 0 spiro atoms. The number of likely N-dealkylation sites (tertiary alicyclic amines) is 2. The number of guanidine groups is 1. The van der Waals surface area contributed by atoms with Gasteiger partial charge in [-0.3, -0.25) is 9.89 Å². The van der Waals surface area contributed by atoms with Gasteiger partial charge in [0.25, 0.3) is 0 Å². The van der Waals surface area contributed by atoms with Crippen molar-refractivity contribution in [2.75, 3.05) is 53.0 Å². The molecule has 0 radical (unpaired) electrons. The van der Waals surface area contributed by atoms with Gasteiger partial charge in [0.15, 0.2) is 5.96 Å². The lowest BCUT2D eigenvalue weighted by Gasteiger charge is -2.36. The summed E-state index contributed by atoms with van der Waals surface area (Å²) in [5.41, 5.74) is 0. The Hall–Kier alpha value is -0.120. The van der Waals surface area contributed by atoms with Gasteiger partial charge in [-0.25, -0.2) is 0 Å². The molecule has 0 aliphatic carbocycles. The van der Waals surface area contributed by atoms with E-state index in [9.17, 15) is 0 Å². The molecule has 176 valence electrons. The van der Waals surface area contributed by atoms with Crippen molar-refractivity contribution in [3.63, 3.8) is 0 Å². The van der Waals surface area contributed by atoms with Crippen LogP contribution in [0.2, 0.25) is 0 Å². The number of hydrogen-bond acceptors (Lipinski definition) is 4. The predicted octanol–water partition coefficient (Wildman–Crippen LogP) is 3.74. The average molecular weight is 537 g/mol. The van der Waals surface area contributed by atoms with Crippen LogP contribution in [-0.4, -0.2) is 87.0 Å². The first kappa shape index (κ1) is 26.1. The summed E-state index contributed by atoms with van der Waals surface area (Å²) in [6, 6.07) is 0.616. The molecule has 0 aromatic heterocycles. The normalized spacial score (nSPS) is 25.4. The zero-order valence-corrected chi connectivity index (χ0v) is 21.8. The molecule has 0 aromatic carbocycles. The van der Waals surface area contributed by atoms with Gasteiger partial charge in [0, 0.05) is 39.3 Å². The minimum atomic E-state index is 0. The van der Waals surface area contributed by atoms with Crippen LogP contribution in [0.5, 0.6) is 0 Å². The maximum atomic E-state index is 6.17. The van der Waals surface area contributed by atoms with E-state index in [1.54, 1.807) is 0 Å². The molecule has 30 heavy (non-hydrogen) atoms. The first-order valence-corrected chi connectivity index (χ1v) is 12.1. The lowest BCUT2D eigenvalue weighted by molar-refractivity contribution is -0.0721. The largest absolute Gasteiger partial charge is 0.376 e. The second-order valence-corrected chi connectivity index (χ2v) is 9.46. The molecule has 6 nitrogen and oxygen atoms in total. The molecule has 3 saturated heterocycles. The number of halogens is 1. The van der Waals surface area contributed by atoms with E-state index in [4.69, 9.17) is 9.47 Å². The van der Waals surface area contributed by atoms with Gasteiger partial charge in [-0.1, -0.05) is 13.8 Å². The summed E-state index contributed by atoms with van der Waals surface area (Å²) >= 11 is 0. The number of ether oxygens (including phenoxy) is 2. The quantitative estimate of drug-likeness (QED) is 0.291. The molecule has 0 bridgehead atoms. The molecule has 3 heterocycles. The summed E-state index contributed by atoms with van der Waals surface area (Å²) in [7, 11) is 1.92. The molecule has 2 atom stereocenters. The van der Waals surface area contributed by atoms with E-state index in [0.29, 0.717) is 18.2 Å². The summed E-state index contributed by atoms with van der Waals surface area (Å²) in [6.45, 7) is 11.9. The maximum absolute atomic E-state index is 6.17. The molecule has 0 aromatic rings. The number of hydrogen-bond donors (Lipinski definition) is 1. The molecule has 3 aliphatic rings. The fourth-order valence-electron chi connectivity index (χ4n) is 4.97. The van der Waals surface area contributed by atoms with Crippen LogP contribution < -0.4 is 5.32 Å². The number of piperidine rings is 1. The van der Waals surface area contributed by atoms with Gasteiger partial charge >= 0.3 is 0 Å². The topological polar surface area (TPSA) is 49.3 Å². The van der Waals surface area contributed by atoms with Crippen LogP contribution in [0, 0.1) is 5.92 Å². The molecule has 0 amide bonds. The van der Waals surface area contributed by atoms with Crippen LogP contribution in [0.4, 0.5) is 0 Å². The Morgan fingerprint density at radius 1 is 1.07 bits per heavy atom. The van der Waals surface area contributed by atoms with Crippen LogP contribution >= 0.6 is 24.0 Å². The Kier molecular flexibility index (Phi) is 12.3. The second-order valence-electron chi connectivity index (χ2n) is 9.46. The molecule has 3 fully saturated rings. The monoisotopic (exact) mass is 536 g/mol. The number of aliphatic imine (C=N–C) groups is 1. The van der Waals surface area contributed by atoms with Crippen LogP contribution in [0.25, 0.3) is 0 Å². The van der Waals surface area contributed by atoms with Gasteiger partial charge in [-0.15, -0.1) is 24.0 Å². The number of rotatable bonds is 8. The SMILES string of the molecule is CN=C(NCC(CC(C)C)N1CCCC1)N1CCC(OCC2CCCCO2)CC1.I. The van der Waals surface area contributed by atoms with Gasteiger partial charge in [-0.05, 0) is 70.4 Å². The van der Waals surface area contributed by atoms with E-state index < -0.39 is 0 Å². The van der Waals surface area contributed by atoms with Crippen molar-refractivity contribution in [3.05, 3.63) is 0 Å². The first-order chi connectivity index (χ1) is 14.2. The smallest absolute Gasteiger partial charge is 0.193 e. The lowest BCUT2D eigenvalue weighted by atomic mass is 10.0. The molecule has 3 rings (SSSR count). The van der Waals surface area contributed by atoms with Crippen molar-refractivity contribution >= 4 is 29.9 Å². The summed E-state index contributed by atoms with van der Waals surface area (Å²) in [4.78, 5) is 9.67. The third-order valence-electron chi connectivity index (χ3n) is 6.64. The third-order valence-corrected chi connectivity index (χ3v) is 6.64. The number of nitrogens with one attached hydrogen (secondary N) is 1. The highest BCUT2D eigenvalue weighted by Crippen LogP contribution is 2.19. The van der Waals surface area contributed by atoms with E-state index in [-0.39, 0.29) is 24.0 Å². The Morgan fingerprint density at radius 3 is 2.40 bits per heavy atom. The van der Waals surface area contributed by atoms with Gasteiger partial charge < -0.3 is 19.7 Å². The number of nitrogens with zero attached hydrogens (tertiary/aromatic N) is 3. The highest BCUT2D eigenvalue weighted by atomic mass is 127. The molecule has 7 heteroatoms. The first-order valence-electron chi connectivity index (χ1n) is 12.1. The summed E-state index contributed by atoms with van der Waals surface area (Å²) in [6.07, 6.45) is 10.4. The van der Waals surface area contributed by atoms with Gasteiger partial charge in [0.05, 0.1) is 18.8 Å². The molecular weight excluding hydrogens is 491 g/mol. The fraction of sp³-hybridized carbons (Fsp3) is 0.957. The molecule has 2 unspecified atom stereocenters. The van der Waals surface area contributed by atoms with E-state index in [1.165, 1.54) is 45.2 Å². The second kappa shape index (κ2) is 14.1. The van der Waals surface area contributed by atoms with Crippen molar-refractivity contribution < 1.29 is 9.47 Å². The molecule has 0 saturated carbocycles. The minimum Gasteiger partial charge on any atom is -0.376 e. The Bertz CT molecular complexity index is 486. The van der Waals surface area contributed by atoms with Gasteiger partial charge in [0.2, 0.25) is 0 Å². The summed E-state index contributed by atoms with van der Waals surface area (Å²) in [5.74, 6) is 1.79. The summed E-state index contributed by atoms with van der Waals surface area (Å²) in [5, 5.41) is 3.69. The van der Waals surface area contributed by atoms with Crippen LogP contribution in [0.1, 0.15) is 65.2 Å². The van der Waals surface area contributed by atoms with Gasteiger partial charge in [0.1, 0.15) is 0 Å². The zero-order valence-electron chi connectivity index (χ0n) is 19.5. The van der Waals surface area contributed by atoms with E-state index in [0.717, 1.165) is 64.0 Å². The van der Waals surface area contributed by atoms with Crippen molar-refractivity contribution in [2.45, 2.75) is 83.5 Å². The summed E-state index contributed by atoms with van der Waals surface area (Å²) < 4.78 is 12.0. The molecule has 3 aliphatic heterocycles. The van der Waals surface area contributed by atoms with Gasteiger partial charge in [-0.2, -0.15) is 0 Å². The van der Waals surface area contributed by atoms with Crippen molar-refractivity contribution in [3.8, 4) is 0 Å². The minimum absolute atomic E-state index is 0. The van der Waals surface area contributed by atoms with Crippen molar-refractivity contribution in [1.29, 1.82) is 0 Å². The maximum Gasteiger partial charge on any atom is 0.193 e. The van der Waals surface area contributed by atoms with Crippen molar-refractivity contribution in [2.24, 2.45) is 10.9 Å². The predicted molar refractivity (Wildman–Crippen MR) is 135 cm³/mol. The van der Waals surface area contributed by atoms with Crippen LogP contribution in [0.3, 0.4) is 0 Å². The highest BCUT2D eigenvalue weighted by Gasteiger charge is 2.26. The van der Waals surface area contributed by atoms with Crippen LogP contribution in [-0.2, 0) is 9.47 Å². The lowest BCUT2D eigenvalue weighted by Crippen LogP contribution is -2.51. The Morgan fingerprint density at radius 2 is 1.80 bits per heavy atom. The van der Waals surface area contributed by atoms with E-state index >= 15 is 0 Å². The third kappa shape index (κ3) is 8.43. The standard InChI is InChI=1S/C23H44N4O2.HI/c1-19(2)16-20(26-11-5-6-12-26)17-25-23(24-3)27-13-9-21(10-14-27)29-18-22-8-4-7-15-28-22;/h19-22H,4-18H2,1-3H3,(H,24,25);1H. The highest BCUT2D eigenvalue weighted by molar-refractivity contribution is 14.0. The average Bonchev–Trinajstić information content (AvgIpc) is 3.28. The molecular formula is C23H45IN4O2.